The van der Waals surface area contributed by atoms with Crippen molar-refractivity contribution in [2.75, 3.05) is 0 Å². The van der Waals surface area contributed by atoms with Gasteiger partial charge in [0.2, 0.25) is 7.38 Å². The predicted molar refractivity (Wildman–Crippen MR) is 128 cm³/mol. The van der Waals surface area contributed by atoms with E-state index < -0.39 is 7.38 Å². The number of halogens is 1. The smallest absolute Gasteiger partial charge is 0.149 e. The van der Waals surface area contributed by atoms with E-state index in [2.05, 4.69) is 96.1 Å². The van der Waals surface area contributed by atoms with Gasteiger partial charge in [-0.25, -0.2) is 0 Å². The largest absolute Gasteiger partial charge is 0.248 e. The second kappa shape index (κ2) is 8.27. The van der Waals surface area contributed by atoms with Crippen LogP contribution in [0.3, 0.4) is 0 Å². The minimum atomic E-state index is -2.65. The van der Waals surface area contributed by atoms with Gasteiger partial charge in [-0.05, 0) is 89.5 Å². The maximum atomic E-state index is 7.87. The van der Waals surface area contributed by atoms with Gasteiger partial charge in [-0.15, -0.1) is 11.1 Å². The first-order valence-electron chi connectivity index (χ1n) is 10.3. The Labute approximate surface area is 176 Å². The van der Waals surface area contributed by atoms with Gasteiger partial charge >= 0.3 is 0 Å². The Morgan fingerprint density at radius 2 is 1.11 bits per heavy atom. The van der Waals surface area contributed by atoms with Crippen LogP contribution in [0.1, 0.15) is 47.2 Å². The fourth-order valence-electron chi connectivity index (χ4n) is 4.07. The van der Waals surface area contributed by atoms with E-state index in [4.69, 9.17) is 11.1 Å². The summed E-state index contributed by atoms with van der Waals surface area (Å²) in [6, 6.07) is 20.3. The highest BCUT2D eigenvalue weighted by molar-refractivity contribution is 7.40. The minimum Gasteiger partial charge on any atom is -0.149 e. The maximum absolute atomic E-state index is 7.87. The summed E-state index contributed by atoms with van der Waals surface area (Å²) in [5.74, 6) is 0. The SMILES string of the molecule is CCc1cc(CC)cc([Si](Cl)(c2cccc(C)c2C)c2cccc(C)c2C)c1. The van der Waals surface area contributed by atoms with Crippen LogP contribution in [0.15, 0.2) is 54.6 Å². The summed E-state index contributed by atoms with van der Waals surface area (Å²) >= 11 is 7.87. The molecule has 0 aliphatic heterocycles. The molecule has 0 unspecified atom stereocenters. The third-order valence-electron chi connectivity index (χ3n) is 6.22. The molecule has 0 nitrogen and oxygen atoms in total. The third-order valence-corrected chi connectivity index (χ3v) is 11.7. The molecule has 3 rings (SSSR count). The quantitative estimate of drug-likeness (QED) is 0.308. The number of aryl methyl sites for hydroxylation is 4. The Morgan fingerprint density at radius 1 is 0.679 bits per heavy atom. The molecular weight excluding hydrogens is 376 g/mol. The average molecular weight is 407 g/mol. The Hall–Kier alpha value is -1.83. The molecule has 0 heterocycles. The molecule has 0 aromatic heterocycles. The van der Waals surface area contributed by atoms with Gasteiger partial charge in [-0.2, -0.15) is 0 Å². The third kappa shape index (κ3) is 3.58. The summed E-state index contributed by atoms with van der Waals surface area (Å²) in [4.78, 5) is 0. The van der Waals surface area contributed by atoms with E-state index in [-0.39, 0.29) is 0 Å². The lowest BCUT2D eigenvalue weighted by Crippen LogP contribution is -2.64. The molecule has 0 aliphatic rings. The number of benzene rings is 3. The monoisotopic (exact) mass is 406 g/mol. The van der Waals surface area contributed by atoms with E-state index in [0.29, 0.717) is 0 Å². The summed E-state index contributed by atoms with van der Waals surface area (Å²) < 4.78 is 0. The Bertz CT molecular complexity index is 930. The summed E-state index contributed by atoms with van der Waals surface area (Å²) in [5.41, 5.74) is 8.02. The molecule has 2 heteroatoms. The predicted octanol–water partition coefficient (Wildman–Crippen LogP) is 5.25. The first-order valence-corrected chi connectivity index (χ1v) is 13.3. The van der Waals surface area contributed by atoms with Gasteiger partial charge in [-0.3, -0.25) is 0 Å². The highest BCUT2D eigenvalue weighted by Crippen LogP contribution is 2.20. The van der Waals surface area contributed by atoms with E-state index in [1.165, 1.54) is 48.9 Å². The van der Waals surface area contributed by atoms with Crippen LogP contribution in [0.2, 0.25) is 0 Å². The zero-order valence-corrected chi connectivity index (χ0v) is 19.7. The first kappa shape index (κ1) is 20.9. The Morgan fingerprint density at radius 3 is 1.50 bits per heavy atom. The van der Waals surface area contributed by atoms with Gasteiger partial charge in [0.15, 0.2) is 0 Å². The van der Waals surface area contributed by atoms with Crippen molar-refractivity contribution >= 4 is 34.0 Å². The van der Waals surface area contributed by atoms with Crippen molar-refractivity contribution in [2.24, 2.45) is 0 Å². The molecule has 0 saturated heterocycles. The van der Waals surface area contributed by atoms with Gasteiger partial charge in [0.05, 0.1) is 0 Å². The topological polar surface area (TPSA) is 0 Å². The number of rotatable bonds is 5. The molecule has 0 spiro atoms. The molecule has 0 fully saturated rings. The molecule has 0 N–H and O–H groups in total. The second-order valence-electron chi connectivity index (χ2n) is 7.90. The standard InChI is InChI=1S/C26H31ClSi/c1-7-22-15-23(8-2)17-24(16-22)28(27,25-13-9-11-18(3)20(25)5)26-14-10-12-19(4)21(26)6/h9-17H,7-8H2,1-6H3. The molecule has 3 aromatic carbocycles. The van der Waals surface area contributed by atoms with Crippen LogP contribution >= 0.6 is 11.1 Å². The summed E-state index contributed by atoms with van der Waals surface area (Å²) in [6.45, 7) is 13.3. The molecular formula is C26H31ClSi. The summed E-state index contributed by atoms with van der Waals surface area (Å²) in [6.07, 6.45) is 2.06. The van der Waals surface area contributed by atoms with E-state index in [1.54, 1.807) is 0 Å². The van der Waals surface area contributed by atoms with Gasteiger partial charge in [0.1, 0.15) is 0 Å². The van der Waals surface area contributed by atoms with Crippen LogP contribution < -0.4 is 15.6 Å². The van der Waals surface area contributed by atoms with Crippen molar-refractivity contribution in [3.63, 3.8) is 0 Å². The molecule has 0 amide bonds. The van der Waals surface area contributed by atoms with E-state index >= 15 is 0 Å². The first-order chi connectivity index (χ1) is 13.3. The van der Waals surface area contributed by atoms with Gasteiger partial charge in [-0.1, -0.05) is 68.4 Å². The van der Waals surface area contributed by atoms with Crippen molar-refractivity contribution in [2.45, 2.75) is 54.4 Å². The van der Waals surface area contributed by atoms with E-state index in [1.807, 2.05) is 0 Å². The van der Waals surface area contributed by atoms with Crippen molar-refractivity contribution in [3.05, 3.63) is 88.0 Å². The lowest BCUT2D eigenvalue weighted by atomic mass is 10.1. The van der Waals surface area contributed by atoms with Crippen molar-refractivity contribution in [1.82, 2.24) is 0 Å². The molecule has 0 saturated carbocycles. The lowest BCUT2D eigenvalue weighted by molar-refractivity contribution is 1.09. The fraction of sp³-hybridized carbons (Fsp3) is 0.308. The van der Waals surface area contributed by atoms with Crippen LogP contribution in [0.5, 0.6) is 0 Å². The maximum Gasteiger partial charge on any atom is 0.248 e. The molecule has 0 aliphatic carbocycles. The fourth-order valence-corrected chi connectivity index (χ4v) is 9.39. The van der Waals surface area contributed by atoms with Crippen LogP contribution in [0.25, 0.3) is 0 Å². The number of hydrogen-bond acceptors (Lipinski definition) is 0. The lowest BCUT2D eigenvalue weighted by Gasteiger charge is -2.31. The highest BCUT2D eigenvalue weighted by atomic mass is 35.6. The molecule has 28 heavy (non-hydrogen) atoms. The Kier molecular flexibility index (Phi) is 6.17. The normalized spacial score (nSPS) is 11.7. The van der Waals surface area contributed by atoms with Crippen molar-refractivity contribution < 1.29 is 0 Å². The van der Waals surface area contributed by atoms with Gasteiger partial charge in [0.25, 0.3) is 0 Å². The highest BCUT2D eigenvalue weighted by Gasteiger charge is 2.41. The van der Waals surface area contributed by atoms with Gasteiger partial charge < -0.3 is 0 Å². The number of hydrogen-bond donors (Lipinski definition) is 0. The van der Waals surface area contributed by atoms with Crippen molar-refractivity contribution in [1.29, 1.82) is 0 Å². The van der Waals surface area contributed by atoms with Gasteiger partial charge in [0, 0.05) is 0 Å². The van der Waals surface area contributed by atoms with Crippen LogP contribution in [0.4, 0.5) is 0 Å². The zero-order valence-electron chi connectivity index (χ0n) is 18.0. The van der Waals surface area contributed by atoms with Crippen LogP contribution in [0, 0.1) is 27.7 Å². The van der Waals surface area contributed by atoms with E-state index in [0.717, 1.165) is 12.8 Å². The zero-order chi connectivity index (χ0) is 20.5. The molecule has 0 atom stereocenters. The average Bonchev–Trinajstić information content (AvgIpc) is 2.71. The molecule has 3 aromatic rings. The summed E-state index contributed by atoms with van der Waals surface area (Å²) in [7, 11) is -2.65. The minimum absolute atomic E-state index is 1.03. The molecule has 0 radical (unpaired) electrons. The van der Waals surface area contributed by atoms with Crippen LogP contribution in [-0.4, -0.2) is 7.38 Å². The van der Waals surface area contributed by atoms with Crippen molar-refractivity contribution in [3.8, 4) is 0 Å². The Balaban J connectivity index is 2.42. The van der Waals surface area contributed by atoms with E-state index in [9.17, 15) is 0 Å². The second-order valence-corrected chi connectivity index (χ2v) is 12.6. The van der Waals surface area contributed by atoms with Crippen LogP contribution in [-0.2, 0) is 12.8 Å². The molecule has 146 valence electrons. The summed E-state index contributed by atoms with van der Waals surface area (Å²) in [5, 5.41) is 3.95. The molecule has 0 bridgehead atoms.